The SMILES string of the molecule is CCC(C)NC(CN)c1ccc2c(c1)OCCO2. The molecule has 0 aliphatic carbocycles. The Morgan fingerprint density at radius 1 is 1.28 bits per heavy atom. The summed E-state index contributed by atoms with van der Waals surface area (Å²) >= 11 is 0. The van der Waals surface area contributed by atoms with Crippen molar-refractivity contribution in [1.82, 2.24) is 5.32 Å². The number of hydrogen-bond donors (Lipinski definition) is 2. The number of nitrogens with two attached hydrogens (primary N) is 1. The monoisotopic (exact) mass is 250 g/mol. The zero-order valence-electron chi connectivity index (χ0n) is 11.1. The second kappa shape index (κ2) is 6.07. The molecule has 2 atom stereocenters. The van der Waals surface area contributed by atoms with Gasteiger partial charge in [0, 0.05) is 18.6 Å². The summed E-state index contributed by atoms with van der Waals surface area (Å²) in [6, 6.07) is 6.66. The third-order valence-corrected chi connectivity index (χ3v) is 3.30. The lowest BCUT2D eigenvalue weighted by atomic mass is 10.0. The molecule has 2 unspecified atom stereocenters. The minimum absolute atomic E-state index is 0.163. The van der Waals surface area contributed by atoms with E-state index in [4.69, 9.17) is 15.2 Å². The Hall–Kier alpha value is -1.26. The number of fused-ring (bicyclic) bond motifs is 1. The van der Waals surface area contributed by atoms with Crippen LogP contribution in [0.4, 0.5) is 0 Å². The lowest BCUT2D eigenvalue weighted by Crippen LogP contribution is -2.34. The van der Waals surface area contributed by atoms with Gasteiger partial charge in [-0.05, 0) is 31.0 Å². The largest absolute Gasteiger partial charge is 0.486 e. The van der Waals surface area contributed by atoms with Crippen molar-refractivity contribution in [2.24, 2.45) is 5.73 Å². The molecular formula is C14H22N2O2. The predicted molar refractivity (Wildman–Crippen MR) is 72.1 cm³/mol. The molecule has 1 aromatic rings. The highest BCUT2D eigenvalue weighted by Crippen LogP contribution is 2.32. The van der Waals surface area contributed by atoms with Crippen molar-refractivity contribution in [3.8, 4) is 11.5 Å². The van der Waals surface area contributed by atoms with Crippen molar-refractivity contribution >= 4 is 0 Å². The van der Waals surface area contributed by atoms with Crippen LogP contribution < -0.4 is 20.5 Å². The van der Waals surface area contributed by atoms with Gasteiger partial charge in [0.05, 0.1) is 0 Å². The summed E-state index contributed by atoms with van der Waals surface area (Å²) in [6.45, 7) is 6.14. The Morgan fingerprint density at radius 3 is 2.67 bits per heavy atom. The molecule has 0 radical (unpaired) electrons. The third kappa shape index (κ3) is 2.94. The summed E-state index contributed by atoms with van der Waals surface area (Å²) in [5, 5.41) is 3.52. The lowest BCUT2D eigenvalue weighted by Gasteiger charge is -2.24. The van der Waals surface area contributed by atoms with E-state index in [1.807, 2.05) is 12.1 Å². The Kier molecular flexibility index (Phi) is 4.44. The topological polar surface area (TPSA) is 56.5 Å². The van der Waals surface area contributed by atoms with E-state index < -0.39 is 0 Å². The smallest absolute Gasteiger partial charge is 0.161 e. The van der Waals surface area contributed by atoms with Crippen LogP contribution in [0, 0.1) is 0 Å². The third-order valence-electron chi connectivity index (χ3n) is 3.30. The predicted octanol–water partition coefficient (Wildman–Crippen LogP) is 1.85. The van der Waals surface area contributed by atoms with Crippen LogP contribution in [0.5, 0.6) is 11.5 Å². The van der Waals surface area contributed by atoms with E-state index in [2.05, 4.69) is 25.2 Å². The Bertz CT molecular complexity index is 395. The van der Waals surface area contributed by atoms with Crippen LogP contribution in [-0.2, 0) is 0 Å². The maximum absolute atomic E-state index is 5.85. The Balaban J connectivity index is 2.15. The van der Waals surface area contributed by atoms with Gasteiger partial charge >= 0.3 is 0 Å². The molecule has 0 saturated carbocycles. The molecule has 0 fully saturated rings. The van der Waals surface area contributed by atoms with Crippen molar-refractivity contribution in [1.29, 1.82) is 0 Å². The highest BCUT2D eigenvalue weighted by Gasteiger charge is 2.17. The molecular weight excluding hydrogens is 228 g/mol. The molecule has 1 aliphatic rings. The summed E-state index contributed by atoms with van der Waals surface area (Å²) in [6.07, 6.45) is 1.08. The number of benzene rings is 1. The molecule has 100 valence electrons. The summed E-state index contributed by atoms with van der Waals surface area (Å²) in [7, 11) is 0. The van der Waals surface area contributed by atoms with E-state index in [1.54, 1.807) is 0 Å². The first-order chi connectivity index (χ1) is 8.74. The minimum Gasteiger partial charge on any atom is -0.486 e. The van der Waals surface area contributed by atoms with E-state index in [0.717, 1.165) is 23.5 Å². The summed E-state index contributed by atoms with van der Waals surface area (Å²) in [5.41, 5.74) is 7.00. The van der Waals surface area contributed by atoms with E-state index in [0.29, 0.717) is 25.8 Å². The van der Waals surface area contributed by atoms with Crippen LogP contribution >= 0.6 is 0 Å². The van der Waals surface area contributed by atoms with Gasteiger partial charge in [-0.1, -0.05) is 13.0 Å². The van der Waals surface area contributed by atoms with Gasteiger partial charge in [-0.3, -0.25) is 0 Å². The zero-order valence-corrected chi connectivity index (χ0v) is 11.1. The molecule has 0 amide bonds. The molecule has 2 rings (SSSR count). The first-order valence-corrected chi connectivity index (χ1v) is 6.60. The minimum atomic E-state index is 0.163. The van der Waals surface area contributed by atoms with Gasteiger partial charge in [-0.25, -0.2) is 0 Å². The lowest BCUT2D eigenvalue weighted by molar-refractivity contribution is 0.171. The number of ether oxygens (including phenoxy) is 2. The molecule has 0 aromatic heterocycles. The molecule has 1 heterocycles. The molecule has 0 saturated heterocycles. The van der Waals surface area contributed by atoms with Gasteiger partial charge in [0.25, 0.3) is 0 Å². The first kappa shape index (κ1) is 13.2. The van der Waals surface area contributed by atoms with Crippen LogP contribution in [0.2, 0.25) is 0 Å². The fourth-order valence-electron chi connectivity index (χ4n) is 2.04. The Labute approximate surface area is 108 Å². The van der Waals surface area contributed by atoms with Crippen molar-refractivity contribution in [3.05, 3.63) is 23.8 Å². The van der Waals surface area contributed by atoms with Crippen LogP contribution in [0.1, 0.15) is 31.9 Å². The highest BCUT2D eigenvalue weighted by atomic mass is 16.6. The highest BCUT2D eigenvalue weighted by molar-refractivity contribution is 5.44. The average molecular weight is 250 g/mol. The van der Waals surface area contributed by atoms with Gasteiger partial charge in [0.2, 0.25) is 0 Å². The standard InChI is InChI=1S/C14H22N2O2/c1-3-10(2)16-12(9-15)11-4-5-13-14(8-11)18-7-6-17-13/h4-5,8,10,12,16H,3,6-7,9,15H2,1-2H3. The van der Waals surface area contributed by atoms with Crippen LogP contribution in [0.25, 0.3) is 0 Å². The molecule has 18 heavy (non-hydrogen) atoms. The van der Waals surface area contributed by atoms with Gasteiger partial charge in [0.1, 0.15) is 13.2 Å². The normalized spacial score (nSPS) is 17.3. The maximum atomic E-state index is 5.85. The van der Waals surface area contributed by atoms with Crippen molar-refractivity contribution in [2.45, 2.75) is 32.4 Å². The van der Waals surface area contributed by atoms with Crippen molar-refractivity contribution < 1.29 is 9.47 Å². The zero-order chi connectivity index (χ0) is 13.0. The van der Waals surface area contributed by atoms with E-state index in [9.17, 15) is 0 Å². The number of hydrogen-bond acceptors (Lipinski definition) is 4. The first-order valence-electron chi connectivity index (χ1n) is 6.60. The summed E-state index contributed by atoms with van der Waals surface area (Å²) < 4.78 is 11.1. The fourth-order valence-corrected chi connectivity index (χ4v) is 2.04. The molecule has 4 nitrogen and oxygen atoms in total. The molecule has 3 N–H and O–H groups in total. The summed E-state index contributed by atoms with van der Waals surface area (Å²) in [4.78, 5) is 0. The molecule has 0 spiro atoms. The van der Waals surface area contributed by atoms with Crippen LogP contribution in [-0.4, -0.2) is 25.8 Å². The molecule has 0 bridgehead atoms. The number of nitrogens with one attached hydrogen (secondary N) is 1. The summed E-state index contributed by atoms with van der Waals surface area (Å²) in [5.74, 6) is 1.65. The molecule has 1 aromatic carbocycles. The van der Waals surface area contributed by atoms with Crippen molar-refractivity contribution in [3.63, 3.8) is 0 Å². The average Bonchev–Trinajstić information content (AvgIpc) is 2.44. The maximum Gasteiger partial charge on any atom is 0.161 e. The number of rotatable bonds is 5. The molecule has 4 heteroatoms. The van der Waals surface area contributed by atoms with Gasteiger partial charge in [-0.2, -0.15) is 0 Å². The molecule has 1 aliphatic heterocycles. The van der Waals surface area contributed by atoms with Gasteiger partial charge in [-0.15, -0.1) is 0 Å². The van der Waals surface area contributed by atoms with E-state index >= 15 is 0 Å². The fraction of sp³-hybridized carbons (Fsp3) is 0.571. The van der Waals surface area contributed by atoms with E-state index in [-0.39, 0.29) is 6.04 Å². The quantitative estimate of drug-likeness (QED) is 0.837. The second-order valence-electron chi connectivity index (χ2n) is 4.67. The Morgan fingerprint density at radius 2 is 2.00 bits per heavy atom. The van der Waals surface area contributed by atoms with Crippen molar-refractivity contribution in [2.75, 3.05) is 19.8 Å². The van der Waals surface area contributed by atoms with Crippen LogP contribution in [0.15, 0.2) is 18.2 Å². The second-order valence-corrected chi connectivity index (χ2v) is 4.67. The van der Waals surface area contributed by atoms with Gasteiger partial charge < -0.3 is 20.5 Å². The van der Waals surface area contributed by atoms with E-state index in [1.165, 1.54) is 0 Å². The van der Waals surface area contributed by atoms with Gasteiger partial charge in [0.15, 0.2) is 11.5 Å². The van der Waals surface area contributed by atoms with Crippen LogP contribution in [0.3, 0.4) is 0 Å².